The third-order valence-electron chi connectivity index (χ3n) is 6.82. The van der Waals surface area contributed by atoms with Crippen LogP contribution in [-0.4, -0.2) is 37.3 Å². The van der Waals surface area contributed by atoms with Crippen LogP contribution in [0.15, 0.2) is 48.5 Å². The summed E-state index contributed by atoms with van der Waals surface area (Å²) in [4.78, 5) is 14.0. The van der Waals surface area contributed by atoms with E-state index in [1.165, 1.54) is 19.3 Å². The topological polar surface area (TPSA) is 75.9 Å². The lowest BCUT2D eigenvalue weighted by atomic mass is 9.78. The molecule has 4 aromatic rings. The molecule has 1 fully saturated rings. The van der Waals surface area contributed by atoms with Crippen LogP contribution in [0.2, 0.25) is 10.3 Å². The summed E-state index contributed by atoms with van der Waals surface area (Å²) < 4.78 is 2.16. The molecule has 8 heteroatoms. The monoisotopic (exact) mass is 509 g/mol. The van der Waals surface area contributed by atoms with Crippen molar-refractivity contribution in [3.8, 4) is 11.4 Å². The first-order valence-electron chi connectivity index (χ1n) is 12.1. The van der Waals surface area contributed by atoms with Crippen molar-refractivity contribution in [3.63, 3.8) is 0 Å². The van der Waals surface area contributed by atoms with E-state index in [0.717, 1.165) is 40.9 Å². The Morgan fingerprint density at radius 1 is 1.09 bits per heavy atom. The third kappa shape index (κ3) is 5.30. The Balaban J connectivity index is 1.65. The lowest BCUT2D eigenvalue weighted by Gasteiger charge is -2.34. The first-order valence-corrected chi connectivity index (χ1v) is 12.9. The number of aliphatic hydroxyl groups is 1. The zero-order chi connectivity index (χ0) is 24.4. The maximum absolute atomic E-state index is 9.45. The van der Waals surface area contributed by atoms with Gasteiger partial charge in [0.1, 0.15) is 11.3 Å². The predicted molar refractivity (Wildman–Crippen MR) is 142 cm³/mol. The van der Waals surface area contributed by atoms with E-state index in [2.05, 4.69) is 45.0 Å². The van der Waals surface area contributed by atoms with Gasteiger partial charge in [0.2, 0.25) is 5.28 Å². The molecule has 1 aliphatic carbocycles. The molecule has 2 heterocycles. The van der Waals surface area contributed by atoms with Gasteiger partial charge in [0.05, 0.1) is 0 Å². The number of aromatic nitrogens is 4. The summed E-state index contributed by atoms with van der Waals surface area (Å²) in [6, 6.07) is 16.4. The molecule has 0 spiro atoms. The lowest BCUT2D eigenvalue weighted by molar-refractivity contribution is 0.236. The van der Waals surface area contributed by atoms with E-state index in [0.29, 0.717) is 29.0 Å². The van der Waals surface area contributed by atoms with Crippen LogP contribution in [0.5, 0.6) is 0 Å². The normalized spacial score (nSPS) is 14.7. The van der Waals surface area contributed by atoms with Crippen LogP contribution in [0.1, 0.15) is 43.2 Å². The van der Waals surface area contributed by atoms with Crippen LogP contribution in [-0.2, 0) is 6.54 Å². The van der Waals surface area contributed by atoms with E-state index < -0.39 is 0 Å². The van der Waals surface area contributed by atoms with Crippen molar-refractivity contribution in [2.45, 2.75) is 51.6 Å². The van der Waals surface area contributed by atoms with Gasteiger partial charge in [0.15, 0.2) is 11.5 Å². The van der Waals surface area contributed by atoms with Crippen molar-refractivity contribution < 1.29 is 5.11 Å². The number of fused-ring (bicyclic) bond motifs is 1. The number of hydrogen-bond acceptors (Lipinski definition) is 5. The molecule has 0 amide bonds. The molecule has 6 nitrogen and oxygen atoms in total. The second kappa shape index (κ2) is 10.5. The van der Waals surface area contributed by atoms with Crippen LogP contribution in [0.3, 0.4) is 0 Å². The maximum Gasteiger partial charge on any atom is 0.226 e. The molecule has 5 rings (SSSR count). The summed E-state index contributed by atoms with van der Waals surface area (Å²) >= 11 is 12.5. The average Bonchev–Trinajstić information content (AvgIpc) is 3.15. The van der Waals surface area contributed by atoms with Gasteiger partial charge in [-0.05, 0) is 73.9 Å². The van der Waals surface area contributed by atoms with Gasteiger partial charge in [-0.15, -0.1) is 0 Å². The van der Waals surface area contributed by atoms with Gasteiger partial charge in [0.25, 0.3) is 0 Å². The second-order valence-electron chi connectivity index (χ2n) is 9.34. The molecule has 1 unspecified atom stereocenters. The van der Waals surface area contributed by atoms with Crippen LogP contribution in [0.4, 0.5) is 5.82 Å². The standard InChI is InChI=1S/C27H29Cl2N5O/c1-17-5-2-8-20(15-17)26-31-25-23(34(26)16-18-10-12-21(28)13-11-18)24(32-27(29)33-25)30-22(9-4-14-35)19-6-3-7-19/h2,5,8,10-13,15,19,22,35H,3-4,6-7,9,14,16H2,1H3,(H,30,32,33). The molecular weight excluding hydrogens is 481 g/mol. The highest BCUT2D eigenvalue weighted by molar-refractivity contribution is 6.30. The van der Waals surface area contributed by atoms with E-state index in [-0.39, 0.29) is 17.9 Å². The largest absolute Gasteiger partial charge is 0.396 e. The molecule has 1 saturated carbocycles. The number of benzene rings is 2. The van der Waals surface area contributed by atoms with Crippen molar-refractivity contribution in [1.29, 1.82) is 0 Å². The second-order valence-corrected chi connectivity index (χ2v) is 10.1. The average molecular weight is 510 g/mol. The van der Waals surface area contributed by atoms with E-state index in [4.69, 9.17) is 28.2 Å². The van der Waals surface area contributed by atoms with Gasteiger partial charge < -0.3 is 15.0 Å². The Bertz CT molecular complexity index is 1320. The van der Waals surface area contributed by atoms with E-state index in [1.807, 2.05) is 30.3 Å². The number of anilines is 1. The molecule has 1 atom stereocenters. The number of nitrogens with zero attached hydrogens (tertiary/aromatic N) is 4. The van der Waals surface area contributed by atoms with Gasteiger partial charge in [-0.25, -0.2) is 4.98 Å². The fourth-order valence-corrected chi connectivity index (χ4v) is 5.09. The van der Waals surface area contributed by atoms with Crippen LogP contribution in [0, 0.1) is 12.8 Å². The van der Waals surface area contributed by atoms with Crippen LogP contribution >= 0.6 is 23.2 Å². The fraction of sp³-hybridized carbons (Fsp3) is 0.370. The van der Waals surface area contributed by atoms with Crippen molar-refractivity contribution >= 4 is 40.2 Å². The third-order valence-corrected chi connectivity index (χ3v) is 7.24. The summed E-state index contributed by atoms with van der Waals surface area (Å²) in [6.07, 6.45) is 5.23. The minimum absolute atomic E-state index is 0.168. The Hall–Kier alpha value is -2.67. The maximum atomic E-state index is 9.45. The minimum atomic E-state index is 0.168. The lowest BCUT2D eigenvalue weighted by Crippen LogP contribution is -2.34. The molecule has 182 valence electrons. The number of halogens is 2. The molecule has 2 N–H and O–H groups in total. The van der Waals surface area contributed by atoms with Gasteiger partial charge >= 0.3 is 0 Å². The smallest absolute Gasteiger partial charge is 0.226 e. The Morgan fingerprint density at radius 3 is 2.57 bits per heavy atom. The van der Waals surface area contributed by atoms with E-state index in [9.17, 15) is 5.11 Å². The number of aryl methyl sites for hydroxylation is 1. The SMILES string of the molecule is Cc1cccc(-c2nc3nc(Cl)nc(NC(CCCO)C4CCC4)c3n2Cc2ccc(Cl)cc2)c1. The highest BCUT2D eigenvalue weighted by atomic mass is 35.5. The van der Waals surface area contributed by atoms with Crippen molar-refractivity contribution in [3.05, 3.63) is 70.0 Å². The van der Waals surface area contributed by atoms with Crippen molar-refractivity contribution in [2.75, 3.05) is 11.9 Å². The number of imidazole rings is 1. The van der Waals surface area contributed by atoms with E-state index in [1.54, 1.807) is 0 Å². The van der Waals surface area contributed by atoms with Crippen molar-refractivity contribution in [2.24, 2.45) is 5.92 Å². The Kier molecular flexibility index (Phi) is 7.23. The molecule has 0 bridgehead atoms. The molecule has 35 heavy (non-hydrogen) atoms. The van der Waals surface area contributed by atoms with E-state index >= 15 is 0 Å². The van der Waals surface area contributed by atoms with Gasteiger partial charge in [-0.2, -0.15) is 9.97 Å². The molecule has 0 radical (unpaired) electrons. The quantitative estimate of drug-likeness (QED) is 0.251. The molecule has 2 aromatic carbocycles. The molecule has 0 saturated heterocycles. The minimum Gasteiger partial charge on any atom is -0.396 e. The number of nitrogens with one attached hydrogen (secondary N) is 1. The number of hydrogen-bond donors (Lipinski definition) is 2. The summed E-state index contributed by atoms with van der Waals surface area (Å²) in [5.41, 5.74) is 4.65. The molecular formula is C27H29Cl2N5O. The molecule has 1 aliphatic rings. The first kappa shape index (κ1) is 24.0. The highest BCUT2D eigenvalue weighted by Gasteiger charge is 2.29. The van der Waals surface area contributed by atoms with Crippen LogP contribution < -0.4 is 5.32 Å². The summed E-state index contributed by atoms with van der Waals surface area (Å²) in [5.74, 6) is 2.07. The molecule has 0 aliphatic heterocycles. The van der Waals surface area contributed by atoms with Gasteiger partial charge in [-0.1, -0.05) is 53.9 Å². The highest BCUT2D eigenvalue weighted by Crippen LogP contribution is 2.36. The zero-order valence-electron chi connectivity index (χ0n) is 19.7. The van der Waals surface area contributed by atoms with Crippen LogP contribution in [0.25, 0.3) is 22.6 Å². The zero-order valence-corrected chi connectivity index (χ0v) is 21.2. The predicted octanol–water partition coefficient (Wildman–Crippen LogP) is 6.51. The Morgan fingerprint density at radius 2 is 1.89 bits per heavy atom. The van der Waals surface area contributed by atoms with Gasteiger partial charge in [0, 0.05) is 29.8 Å². The van der Waals surface area contributed by atoms with Crippen molar-refractivity contribution in [1.82, 2.24) is 19.5 Å². The van der Waals surface area contributed by atoms with Gasteiger partial charge in [-0.3, -0.25) is 0 Å². The summed E-state index contributed by atoms with van der Waals surface area (Å²) in [5, 5.41) is 14.0. The summed E-state index contributed by atoms with van der Waals surface area (Å²) in [6.45, 7) is 2.84. The number of rotatable bonds is 9. The molecule has 2 aromatic heterocycles. The number of aliphatic hydroxyl groups excluding tert-OH is 1. The fourth-order valence-electron chi connectivity index (χ4n) is 4.80. The summed E-state index contributed by atoms with van der Waals surface area (Å²) in [7, 11) is 0. The Labute approximate surface area is 215 Å². The first-order chi connectivity index (χ1) is 17.0.